The second kappa shape index (κ2) is 8.00. The average Bonchev–Trinajstić information content (AvgIpc) is 2.98. The van der Waals surface area contributed by atoms with Gasteiger partial charge in [-0.2, -0.15) is 0 Å². The Balaban J connectivity index is 1.62. The van der Waals surface area contributed by atoms with Gasteiger partial charge in [-0.1, -0.05) is 54.1 Å². The van der Waals surface area contributed by atoms with Crippen LogP contribution in [0.15, 0.2) is 54.6 Å². The maximum atomic E-state index is 12.4. The first kappa shape index (κ1) is 17.9. The van der Waals surface area contributed by atoms with Crippen LogP contribution in [-0.2, 0) is 11.3 Å². The summed E-state index contributed by atoms with van der Waals surface area (Å²) in [5.74, 6) is 0.0191. The van der Waals surface area contributed by atoms with E-state index in [1.165, 1.54) is 10.8 Å². The molecule has 5 heteroatoms. The van der Waals surface area contributed by atoms with Gasteiger partial charge in [0.05, 0.1) is 16.9 Å². The maximum absolute atomic E-state index is 12.4. The molecule has 0 saturated carbocycles. The summed E-state index contributed by atoms with van der Waals surface area (Å²) in [4.78, 5) is 15.5. The molecule has 0 saturated heterocycles. The first-order valence-electron chi connectivity index (χ1n) is 8.22. The van der Waals surface area contributed by atoms with Crippen molar-refractivity contribution >= 4 is 39.6 Å². The van der Waals surface area contributed by atoms with E-state index in [-0.39, 0.29) is 11.9 Å². The molecule has 1 amide bonds. The van der Waals surface area contributed by atoms with Gasteiger partial charge < -0.3 is 5.32 Å². The zero-order valence-electron chi connectivity index (χ0n) is 14.3. The molecule has 2 aromatic carbocycles. The molecule has 25 heavy (non-hydrogen) atoms. The van der Waals surface area contributed by atoms with Crippen molar-refractivity contribution in [1.29, 1.82) is 0 Å². The van der Waals surface area contributed by atoms with Crippen molar-refractivity contribution in [3.8, 4) is 0 Å². The molecule has 0 aliphatic carbocycles. The van der Waals surface area contributed by atoms with Gasteiger partial charge in [0.1, 0.15) is 0 Å². The number of carbonyl (C=O) groups is 1. The fourth-order valence-electron chi connectivity index (χ4n) is 3.00. The maximum Gasteiger partial charge on any atom is 0.234 e. The van der Waals surface area contributed by atoms with E-state index >= 15 is 0 Å². The van der Waals surface area contributed by atoms with Gasteiger partial charge in [-0.15, -0.1) is 11.3 Å². The number of fused-ring (bicyclic) bond motifs is 1. The highest BCUT2D eigenvalue weighted by molar-refractivity contribution is 7.16. The topological polar surface area (TPSA) is 32.3 Å². The predicted octanol–water partition coefficient (Wildman–Crippen LogP) is 4.86. The fraction of sp³-hybridized carbons (Fsp3) is 0.250. The van der Waals surface area contributed by atoms with E-state index in [4.69, 9.17) is 11.6 Å². The Bertz CT molecular complexity index is 872. The summed E-state index contributed by atoms with van der Waals surface area (Å²) in [5.41, 5.74) is 1.14. The average molecular weight is 373 g/mol. The minimum absolute atomic E-state index is 0.0191. The van der Waals surface area contributed by atoms with Crippen molar-refractivity contribution in [2.45, 2.75) is 19.5 Å². The van der Waals surface area contributed by atoms with Crippen LogP contribution in [-0.4, -0.2) is 24.4 Å². The SMILES string of the molecule is C[C@H](NC(=O)CN(C)Cc1ccc(Cl)s1)c1cccc2ccccc12. The molecule has 0 bridgehead atoms. The van der Waals surface area contributed by atoms with E-state index in [0.717, 1.165) is 14.8 Å². The molecule has 0 radical (unpaired) electrons. The molecule has 1 heterocycles. The third-order valence-corrected chi connectivity index (χ3v) is 5.35. The molecule has 3 aromatic rings. The smallest absolute Gasteiger partial charge is 0.234 e. The Labute approximate surface area is 157 Å². The van der Waals surface area contributed by atoms with Crippen LogP contribution in [0.5, 0.6) is 0 Å². The molecule has 0 unspecified atom stereocenters. The van der Waals surface area contributed by atoms with Gasteiger partial charge in [0.25, 0.3) is 0 Å². The Morgan fingerprint density at radius 2 is 1.92 bits per heavy atom. The Kier molecular flexibility index (Phi) is 5.74. The van der Waals surface area contributed by atoms with Crippen LogP contribution in [0.3, 0.4) is 0 Å². The molecular formula is C20H21ClN2OS. The van der Waals surface area contributed by atoms with E-state index in [9.17, 15) is 4.79 Å². The van der Waals surface area contributed by atoms with Crippen LogP contribution in [0.25, 0.3) is 10.8 Å². The minimum atomic E-state index is -0.0387. The van der Waals surface area contributed by atoms with Crippen LogP contribution in [0.4, 0.5) is 0 Å². The quantitative estimate of drug-likeness (QED) is 0.669. The summed E-state index contributed by atoms with van der Waals surface area (Å²) >= 11 is 7.50. The zero-order valence-corrected chi connectivity index (χ0v) is 15.9. The second-order valence-corrected chi connectivity index (χ2v) is 8.04. The zero-order chi connectivity index (χ0) is 17.8. The van der Waals surface area contributed by atoms with Crippen LogP contribution in [0.2, 0.25) is 4.34 Å². The van der Waals surface area contributed by atoms with Gasteiger partial charge in [-0.3, -0.25) is 9.69 Å². The highest BCUT2D eigenvalue weighted by Gasteiger charge is 2.14. The lowest BCUT2D eigenvalue weighted by Crippen LogP contribution is -2.36. The summed E-state index contributed by atoms with van der Waals surface area (Å²) in [5, 5.41) is 5.47. The summed E-state index contributed by atoms with van der Waals surface area (Å²) in [7, 11) is 1.94. The van der Waals surface area contributed by atoms with Gasteiger partial charge in [0, 0.05) is 11.4 Å². The summed E-state index contributed by atoms with van der Waals surface area (Å²) in [6.45, 7) is 3.09. The predicted molar refractivity (Wildman–Crippen MR) is 106 cm³/mol. The number of carbonyl (C=O) groups excluding carboxylic acids is 1. The number of rotatable bonds is 6. The van der Waals surface area contributed by atoms with E-state index in [2.05, 4.69) is 29.6 Å². The minimum Gasteiger partial charge on any atom is -0.348 e. The van der Waals surface area contributed by atoms with Crippen LogP contribution < -0.4 is 5.32 Å². The monoisotopic (exact) mass is 372 g/mol. The molecule has 130 valence electrons. The first-order valence-corrected chi connectivity index (χ1v) is 9.42. The lowest BCUT2D eigenvalue weighted by molar-refractivity contribution is -0.122. The number of benzene rings is 2. The van der Waals surface area contributed by atoms with Gasteiger partial charge in [0.15, 0.2) is 0 Å². The lowest BCUT2D eigenvalue weighted by Gasteiger charge is -2.20. The number of nitrogens with zero attached hydrogens (tertiary/aromatic N) is 1. The number of hydrogen-bond acceptors (Lipinski definition) is 3. The standard InChI is InChI=1S/C20H21ClN2OS/c1-14(17-9-5-7-15-6-3-4-8-18(15)17)22-20(24)13-23(2)12-16-10-11-19(21)25-16/h3-11,14H,12-13H2,1-2H3,(H,22,24)/t14-/m0/s1. The number of amides is 1. The third kappa shape index (κ3) is 4.60. The van der Waals surface area contributed by atoms with Crippen molar-refractivity contribution in [3.63, 3.8) is 0 Å². The molecule has 0 aliphatic rings. The Morgan fingerprint density at radius 3 is 2.68 bits per heavy atom. The van der Waals surface area contributed by atoms with E-state index in [0.29, 0.717) is 13.1 Å². The summed E-state index contributed by atoms with van der Waals surface area (Å²) in [6.07, 6.45) is 0. The lowest BCUT2D eigenvalue weighted by atomic mass is 10.00. The van der Waals surface area contributed by atoms with Crippen molar-refractivity contribution in [2.24, 2.45) is 0 Å². The van der Waals surface area contributed by atoms with Gasteiger partial charge in [-0.25, -0.2) is 0 Å². The van der Waals surface area contributed by atoms with E-state index < -0.39 is 0 Å². The highest BCUT2D eigenvalue weighted by Crippen LogP contribution is 2.24. The molecule has 1 atom stereocenters. The Morgan fingerprint density at radius 1 is 1.16 bits per heavy atom. The summed E-state index contributed by atoms with van der Waals surface area (Å²) in [6, 6.07) is 18.3. The fourth-order valence-corrected chi connectivity index (χ4v) is 4.16. The van der Waals surface area contributed by atoms with Crippen LogP contribution in [0.1, 0.15) is 23.4 Å². The van der Waals surface area contributed by atoms with Crippen molar-refractivity contribution in [2.75, 3.05) is 13.6 Å². The molecule has 3 rings (SSSR count). The first-order chi connectivity index (χ1) is 12.0. The molecule has 1 N–H and O–H groups in total. The normalized spacial score (nSPS) is 12.5. The van der Waals surface area contributed by atoms with Gasteiger partial charge >= 0.3 is 0 Å². The molecule has 3 nitrogen and oxygen atoms in total. The molecule has 1 aromatic heterocycles. The number of thiophene rings is 1. The van der Waals surface area contributed by atoms with E-state index in [1.54, 1.807) is 11.3 Å². The molecular weight excluding hydrogens is 352 g/mol. The molecule has 0 aliphatic heterocycles. The number of halogens is 1. The third-order valence-electron chi connectivity index (χ3n) is 4.14. The second-order valence-electron chi connectivity index (χ2n) is 6.24. The number of likely N-dealkylation sites (N-methyl/N-ethyl adjacent to an activating group) is 1. The van der Waals surface area contributed by atoms with Gasteiger partial charge in [-0.05, 0) is 42.4 Å². The van der Waals surface area contributed by atoms with Gasteiger partial charge in [0.2, 0.25) is 5.91 Å². The Hall–Kier alpha value is -1.88. The molecule has 0 fully saturated rings. The van der Waals surface area contributed by atoms with Crippen molar-refractivity contribution < 1.29 is 4.79 Å². The van der Waals surface area contributed by atoms with Crippen LogP contribution >= 0.6 is 22.9 Å². The largest absolute Gasteiger partial charge is 0.348 e. The number of hydrogen-bond donors (Lipinski definition) is 1. The number of nitrogens with one attached hydrogen (secondary N) is 1. The van der Waals surface area contributed by atoms with Crippen molar-refractivity contribution in [3.05, 3.63) is 69.4 Å². The van der Waals surface area contributed by atoms with Crippen LogP contribution in [0, 0.1) is 0 Å². The highest BCUT2D eigenvalue weighted by atomic mass is 35.5. The van der Waals surface area contributed by atoms with E-state index in [1.807, 2.05) is 49.2 Å². The summed E-state index contributed by atoms with van der Waals surface area (Å²) < 4.78 is 0.775. The molecule has 0 spiro atoms. The van der Waals surface area contributed by atoms with Crippen molar-refractivity contribution in [1.82, 2.24) is 10.2 Å².